The molecule has 0 saturated carbocycles. The number of rotatable bonds is 1. The van der Waals surface area contributed by atoms with Gasteiger partial charge >= 0.3 is 5.97 Å². The standard InChI is InChI=1S/C11H12BrClO2/c1-11(2,3)15-10(14)7-5-4-6-8(12)9(7)13/h4-6H,1-3H3. The van der Waals surface area contributed by atoms with Gasteiger partial charge in [0.15, 0.2) is 0 Å². The maximum atomic E-state index is 11.7. The first kappa shape index (κ1) is 12.5. The van der Waals surface area contributed by atoms with Crippen LogP contribution in [0.4, 0.5) is 0 Å². The zero-order valence-electron chi connectivity index (χ0n) is 8.80. The fraction of sp³-hybridized carbons (Fsp3) is 0.364. The van der Waals surface area contributed by atoms with Gasteiger partial charge in [0.05, 0.1) is 10.6 Å². The van der Waals surface area contributed by atoms with E-state index < -0.39 is 11.6 Å². The van der Waals surface area contributed by atoms with Gasteiger partial charge in [0.2, 0.25) is 0 Å². The first-order valence-corrected chi connectivity index (χ1v) is 5.66. The second-order valence-corrected chi connectivity index (χ2v) is 5.34. The summed E-state index contributed by atoms with van der Waals surface area (Å²) in [6.45, 7) is 5.45. The molecule has 0 fully saturated rings. The Balaban J connectivity index is 2.97. The van der Waals surface area contributed by atoms with E-state index in [4.69, 9.17) is 16.3 Å². The maximum absolute atomic E-state index is 11.7. The highest BCUT2D eigenvalue weighted by molar-refractivity contribution is 9.10. The van der Waals surface area contributed by atoms with Crippen molar-refractivity contribution in [2.45, 2.75) is 26.4 Å². The average molecular weight is 292 g/mol. The number of carbonyl (C=O) groups excluding carboxylic acids is 1. The summed E-state index contributed by atoms with van der Waals surface area (Å²) >= 11 is 9.22. The Bertz CT molecular complexity index is 383. The van der Waals surface area contributed by atoms with Crippen LogP contribution in [0.1, 0.15) is 31.1 Å². The number of halogens is 2. The summed E-state index contributed by atoms with van der Waals surface area (Å²) in [6.07, 6.45) is 0. The van der Waals surface area contributed by atoms with Crippen LogP contribution < -0.4 is 0 Å². The minimum absolute atomic E-state index is 0.376. The van der Waals surface area contributed by atoms with Gasteiger partial charge in [0, 0.05) is 4.47 Å². The topological polar surface area (TPSA) is 26.3 Å². The lowest BCUT2D eigenvalue weighted by Crippen LogP contribution is -2.24. The van der Waals surface area contributed by atoms with Crippen molar-refractivity contribution < 1.29 is 9.53 Å². The lowest BCUT2D eigenvalue weighted by Gasteiger charge is -2.19. The van der Waals surface area contributed by atoms with E-state index in [0.29, 0.717) is 15.1 Å². The van der Waals surface area contributed by atoms with Crippen molar-refractivity contribution in [3.63, 3.8) is 0 Å². The van der Waals surface area contributed by atoms with E-state index >= 15 is 0 Å². The quantitative estimate of drug-likeness (QED) is 0.729. The molecule has 0 aromatic heterocycles. The predicted molar refractivity (Wildman–Crippen MR) is 64.3 cm³/mol. The van der Waals surface area contributed by atoms with Crippen LogP contribution in [0, 0.1) is 0 Å². The number of hydrogen-bond donors (Lipinski definition) is 0. The molecule has 0 aliphatic carbocycles. The van der Waals surface area contributed by atoms with E-state index in [-0.39, 0.29) is 0 Å². The lowest BCUT2D eigenvalue weighted by atomic mass is 10.1. The lowest BCUT2D eigenvalue weighted by molar-refractivity contribution is 0.00697. The van der Waals surface area contributed by atoms with Crippen molar-refractivity contribution in [3.8, 4) is 0 Å². The summed E-state index contributed by atoms with van der Waals surface area (Å²) < 4.78 is 5.90. The first-order valence-electron chi connectivity index (χ1n) is 4.48. The number of esters is 1. The van der Waals surface area contributed by atoms with Crippen molar-refractivity contribution in [1.29, 1.82) is 0 Å². The summed E-state index contributed by atoms with van der Waals surface area (Å²) in [5.74, 6) is -0.409. The van der Waals surface area contributed by atoms with Crippen LogP contribution in [-0.2, 0) is 4.74 Å². The van der Waals surface area contributed by atoms with Crippen LogP contribution in [0.25, 0.3) is 0 Å². The predicted octanol–water partition coefficient (Wildman–Crippen LogP) is 4.06. The smallest absolute Gasteiger partial charge is 0.340 e. The zero-order valence-corrected chi connectivity index (χ0v) is 11.1. The van der Waals surface area contributed by atoms with Crippen molar-refractivity contribution >= 4 is 33.5 Å². The highest BCUT2D eigenvalue weighted by atomic mass is 79.9. The van der Waals surface area contributed by atoms with E-state index in [2.05, 4.69) is 15.9 Å². The van der Waals surface area contributed by atoms with Gasteiger partial charge in [-0.3, -0.25) is 0 Å². The third-order valence-electron chi connectivity index (χ3n) is 1.57. The average Bonchev–Trinajstić information content (AvgIpc) is 2.06. The molecule has 1 rings (SSSR count). The number of carbonyl (C=O) groups is 1. The second-order valence-electron chi connectivity index (χ2n) is 4.10. The molecule has 0 aliphatic heterocycles. The van der Waals surface area contributed by atoms with Gasteiger partial charge in [-0.15, -0.1) is 0 Å². The van der Waals surface area contributed by atoms with Crippen LogP contribution in [0.2, 0.25) is 5.02 Å². The molecule has 0 bridgehead atoms. The Morgan fingerprint density at radius 1 is 1.40 bits per heavy atom. The molecule has 15 heavy (non-hydrogen) atoms. The molecule has 0 atom stereocenters. The van der Waals surface area contributed by atoms with Crippen molar-refractivity contribution in [2.75, 3.05) is 0 Å². The Morgan fingerprint density at radius 3 is 2.53 bits per heavy atom. The summed E-state index contributed by atoms with van der Waals surface area (Å²) in [5, 5.41) is 0.381. The largest absolute Gasteiger partial charge is 0.456 e. The Hall–Kier alpha value is -0.540. The molecule has 1 aromatic rings. The van der Waals surface area contributed by atoms with Crippen molar-refractivity contribution in [2.24, 2.45) is 0 Å². The van der Waals surface area contributed by atoms with Crippen molar-refractivity contribution in [3.05, 3.63) is 33.3 Å². The van der Waals surface area contributed by atoms with Gasteiger partial charge in [0.25, 0.3) is 0 Å². The van der Waals surface area contributed by atoms with E-state index in [1.54, 1.807) is 18.2 Å². The summed E-state index contributed by atoms with van der Waals surface area (Å²) in [5.41, 5.74) is -0.135. The Morgan fingerprint density at radius 2 is 2.00 bits per heavy atom. The van der Waals surface area contributed by atoms with Gasteiger partial charge in [0.1, 0.15) is 5.60 Å². The second kappa shape index (κ2) is 4.54. The molecule has 2 nitrogen and oxygen atoms in total. The van der Waals surface area contributed by atoms with Gasteiger partial charge in [-0.05, 0) is 48.8 Å². The molecule has 0 N–H and O–H groups in total. The van der Waals surface area contributed by atoms with Crippen molar-refractivity contribution in [1.82, 2.24) is 0 Å². The molecular formula is C11H12BrClO2. The SMILES string of the molecule is CC(C)(C)OC(=O)c1cccc(Br)c1Cl. The Labute approximate surface area is 103 Å². The molecule has 0 saturated heterocycles. The van der Waals surface area contributed by atoms with Gasteiger partial charge in [-0.25, -0.2) is 4.79 Å². The minimum Gasteiger partial charge on any atom is -0.456 e. The van der Waals surface area contributed by atoms with Crippen LogP contribution >= 0.6 is 27.5 Å². The third-order valence-corrected chi connectivity index (χ3v) is 2.87. The minimum atomic E-state index is -0.511. The highest BCUT2D eigenvalue weighted by Gasteiger charge is 2.20. The first-order chi connectivity index (χ1) is 6.81. The molecule has 0 spiro atoms. The van der Waals surface area contributed by atoms with E-state index in [9.17, 15) is 4.79 Å². The van der Waals surface area contributed by atoms with Crippen LogP contribution in [-0.4, -0.2) is 11.6 Å². The zero-order chi connectivity index (χ0) is 11.6. The van der Waals surface area contributed by atoms with Crippen LogP contribution in [0.15, 0.2) is 22.7 Å². The number of ether oxygens (including phenoxy) is 1. The van der Waals surface area contributed by atoms with Crippen LogP contribution in [0.5, 0.6) is 0 Å². The molecular weight excluding hydrogens is 279 g/mol. The molecule has 0 heterocycles. The summed E-state index contributed by atoms with van der Waals surface area (Å²) in [6, 6.07) is 5.16. The molecule has 0 amide bonds. The van der Waals surface area contributed by atoms with Gasteiger partial charge in [-0.1, -0.05) is 17.7 Å². The van der Waals surface area contributed by atoms with Crippen LogP contribution in [0.3, 0.4) is 0 Å². The molecule has 0 aliphatic rings. The fourth-order valence-corrected chi connectivity index (χ4v) is 1.56. The third kappa shape index (κ3) is 3.50. The summed E-state index contributed by atoms with van der Waals surface area (Å²) in [4.78, 5) is 11.7. The monoisotopic (exact) mass is 290 g/mol. The molecule has 0 radical (unpaired) electrons. The highest BCUT2D eigenvalue weighted by Crippen LogP contribution is 2.27. The van der Waals surface area contributed by atoms with E-state index in [1.807, 2.05) is 20.8 Å². The number of hydrogen-bond acceptors (Lipinski definition) is 2. The van der Waals surface area contributed by atoms with E-state index in [0.717, 1.165) is 0 Å². The van der Waals surface area contributed by atoms with Gasteiger partial charge in [-0.2, -0.15) is 0 Å². The molecule has 0 unspecified atom stereocenters. The van der Waals surface area contributed by atoms with E-state index in [1.165, 1.54) is 0 Å². The summed E-state index contributed by atoms with van der Waals surface area (Å²) in [7, 11) is 0. The maximum Gasteiger partial charge on any atom is 0.340 e. The van der Waals surface area contributed by atoms with Gasteiger partial charge < -0.3 is 4.74 Å². The normalized spacial score (nSPS) is 11.3. The molecule has 1 aromatic carbocycles. The Kier molecular flexibility index (Phi) is 3.79. The fourth-order valence-electron chi connectivity index (χ4n) is 0.995. The molecule has 82 valence electrons. The number of benzene rings is 1. The molecule has 4 heteroatoms.